The summed E-state index contributed by atoms with van der Waals surface area (Å²) in [7, 11) is -3.48. The maximum absolute atomic E-state index is 12.2. The lowest BCUT2D eigenvalue weighted by molar-refractivity contribution is 0.519. The van der Waals surface area contributed by atoms with Gasteiger partial charge in [0, 0.05) is 12.6 Å². The molecule has 1 aliphatic carbocycles. The first-order valence-corrected chi connectivity index (χ1v) is 9.00. The molecular weight excluding hydrogens is 392 g/mol. The fourth-order valence-electron chi connectivity index (χ4n) is 1.61. The van der Waals surface area contributed by atoms with E-state index in [1.807, 2.05) is 0 Å². The average Bonchev–Trinajstić information content (AvgIpc) is 3.01. The summed E-state index contributed by atoms with van der Waals surface area (Å²) in [6.07, 6.45) is 2.11. The molecule has 0 radical (unpaired) electrons. The SMILES string of the molecule is NCC(NS(=O)(=O)c1cc(Br)sc1Br)C1CC1. The lowest BCUT2D eigenvalue weighted by Crippen LogP contribution is -2.41. The van der Waals surface area contributed by atoms with Gasteiger partial charge in [0.25, 0.3) is 0 Å². The maximum atomic E-state index is 12.2. The lowest BCUT2D eigenvalue weighted by atomic mass is 10.2. The Morgan fingerprint density at radius 1 is 1.53 bits per heavy atom. The Balaban J connectivity index is 2.21. The predicted octanol–water partition coefficient (Wildman–Crippen LogP) is 2.29. The number of nitrogens with one attached hydrogen (secondary N) is 1. The molecular formula is C9H12Br2N2O2S2. The second kappa shape index (κ2) is 5.26. The van der Waals surface area contributed by atoms with Gasteiger partial charge in [0.05, 0.1) is 7.57 Å². The Labute approximate surface area is 121 Å². The van der Waals surface area contributed by atoms with Crippen LogP contribution in [0.3, 0.4) is 0 Å². The molecule has 0 bridgehead atoms. The van der Waals surface area contributed by atoms with Crippen LogP contribution in [0.25, 0.3) is 0 Å². The topological polar surface area (TPSA) is 72.2 Å². The number of hydrogen-bond donors (Lipinski definition) is 2. The van der Waals surface area contributed by atoms with E-state index in [9.17, 15) is 8.42 Å². The first-order valence-electron chi connectivity index (χ1n) is 5.11. The van der Waals surface area contributed by atoms with E-state index in [2.05, 4.69) is 36.6 Å². The first-order chi connectivity index (χ1) is 7.94. The fraction of sp³-hybridized carbons (Fsp3) is 0.556. The number of thiophene rings is 1. The third kappa shape index (κ3) is 3.30. The molecule has 1 aliphatic rings. The highest BCUT2D eigenvalue weighted by Crippen LogP contribution is 2.36. The first kappa shape index (κ1) is 14.0. The van der Waals surface area contributed by atoms with Crippen molar-refractivity contribution in [1.82, 2.24) is 4.72 Å². The Morgan fingerprint density at radius 2 is 2.18 bits per heavy atom. The molecule has 96 valence electrons. The highest BCUT2D eigenvalue weighted by molar-refractivity contribution is 9.12. The van der Waals surface area contributed by atoms with E-state index in [-0.39, 0.29) is 10.9 Å². The molecule has 1 atom stereocenters. The normalized spacial score (nSPS) is 18.3. The smallest absolute Gasteiger partial charge is 0.242 e. The molecule has 1 aromatic rings. The standard InChI is InChI=1S/C9H12Br2N2O2S2/c10-8-3-7(9(11)16-8)17(14,15)13-6(4-12)5-1-2-5/h3,5-6,13H,1-2,4,12H2. The quantitative estimate of drug-likeness (QED) is 0.792. The summed E-state index contributed by atoms with van der Waals surface area (Å²) in [6, 6.07) is 1.45. The van der Waals surface area contributed by atoms with Gasteiger partial charge < -0.3 is 5.73 Å². The van der Waals surface area contributed by atoms with Crippen LogP contribution in [-0.4, -0.2) is 21.0 Å². The van der Waals surface area contributed by atoms with E-state index in [4.69, 9.17) is 5.73 Å². The Kier molecular flexibility index (Phi) is 4.32. The maximum Gasteiger partial charge on any atom is 0.242 e. The molecule has 1 saturated carbocycles. The monoisotopic (exact) mass is 402 g/mol. The van der Waals surface area contributed by atoms with Gasteiger partial charge in [-0.2, -0.15) is 0 Å². The third-order valence-electron chi connectivity index (χ3n) is 2.67. The zero-order valence-electron chi connectivity index (χ0n) is 8.82. The van der Waals surface area contributed by atoms with Gasteiger partial charge in [0.2, 0.25) is 10.0 Å². The molecule has 0 amide bonds. The van der Waals surface area contributed by atoms with Crippen LogP contribution in [0.2, 0.25) is 0 Å². The number of nitrogens with two attached hydrogens (primary N) is 1. The Hall–Kier alpha value is 0.530. The highest BCUT2D eigenvalue weighted by Gasteiger charge is 2.34. The number of sulfonamides is 1. The summed E-state index contributed by atoms with van der Waals surface area (Å²) in [6.45, 7) is 0.340. The molecule has 8 heteroatoms. The molecule has 0 saturated heterocycles. The summed E-state index contributed by atoms with van der Waals surface area (Å²) in [5.41, 5.74) is 5.60. The Bertz CT molecular complexity index is 511. The van der Waals surface area contributed by atoms with E-state index in [1.54, 1.807) is 6.07 Å². The van der Waals surface area contributed by atoms with Gasteiger partial charge in [0.15, 0.2) is 0 Å². The molecule has 1 fully saturated rings. The van der Waals surface area contributed by atoms with Crippen molar-refractivity contribution >= 4 is 53.2 Å². The van der Waals surface area contributed by atoms with Gasteiger partial charge in [-0.25, -0.2) is 13.1 Å². The molecule has 17 heavy (non-hydrogen) atoms. The van der Waals surface area contributed by atoms with Gasteiger partial charge in [-0.15, -0.1) is 11.3 Å². The van der Waals surface area contributed by atoms with Crippen molar-refractivity contribution in [2.75, 3.05) is 6.54 Å². The minimum atomic E-state index is -3.48. The second-order valence-electron chi connectivity index (χ2n) is 3.99. The number of halogens is 2. The molecule has 3 N–H and O–H groups in total. The van der Waals surface area contributed by atoms with Crippen LogP contribution >= 0.6 is 43.2 Å². The van der Waals surface area contributed by atoms with Gasteiger partial charge in [0.1, 0.15) is 4.90 Å². The van der Waals surface area contributed by atoms with Crippen molar-refractivity contribution in [1.29, 1.82) is 0 Å². The second-order valence-corrected chi connectivity index (χ2v) is 9.42. The predicted molar refractivity (Wildman–Crippen MR) is 75.6 cm³/mol. The molecule has 4 nitrogen and oxygen atoms in total. The van der Waals surface area contributed by atoms with Crippen LogP contribution in [0.5, 0.6) is 0 Å². The number of hydrogen-bond acceptors (Lipinski definition) is 4. The van der Waals surface area contributed by atoms with Gasteiger partial charge >= 0.3 is 0 Å². The zero-order valence-corrected chi connectivity index (χ0v) is 13.6. The third-order valence-corrected chi connectivity index (χ3v) is 6.91. The largest absolute Gasteiger partial charge is 0.329 e. The lowest BCUT2D eigenvalue weighted by Gasteiger charge is -2.15. The Morgan fingerprint density at radius 3 is 2.59 bits per heavy atom. The van der Waals surface area contributed by atoms with Crippen molar-refractivity contribution in [3.8, 4) is 0 Å². The minimum Gasteiger partial charge on any atom is -0.329 e. The van der Waals surface area contributed by atoms with Crippen LogP contribution in [0.1, 0.15) is 12.8 Å². The molecule has 0 aromatic carbocycles. The number of rotatable bonds is 5. The van der Waals surface area contributed by atoms with Crippen molar-refractivity contribution in [2.24, 2.45) is 11.7 Å². The average molecular weight is 404 g/mol. The zero-order chi connectivity index (χ0) is 12.6. The molecule has 0 spiro atoms. The van der Waals surface area contributed by atoms with E-state index >= 15 is 0 Å². The van der Waals surface area contributed by atoms with Crippen molar-refractivity contribution in [3.05, 3.63) is 13.6 Å². The van der Waals surface area contributed by atoms with Crippen molar-refractivity contribution in [3.63, 3.8) is 0 Å². The van der Waals surface area contributed by atoms with Crippen molar-refractivity contribution < 1.29 is 8.42 Å². The van der Waals surface area contributed by atoms with E-state index in [0.29, 0.717) is 16.2 Å². The molecule has 1 heterocycles. The summed E-state index contributed by atoms with van der Waals surface area (Å²) in [5, 5.41) is 0. The van der Waals surface area contributed by atoms with Crippen LogP contribution in [0, 0.1) is 5.92 Å². The van der Waals surface area contributed by atoms with Crippen molar-refractivity contribution in [2.45, 2.75) is 23.8 Å². The molecule has 2 rings (SSSR count). The summed E-state index contributed by atoms with van der Waals surface area (Å²) in [4.78, 5) is 0.272. The molecule has 1 aromatic heterocycles. The summed E-state index contributed by atoms with van der Waals surface area (Å²) >= 11 is 7.86. The van der Waals surface area contributed by atoms with Gasteiger partial charge in [-0.3, -0.25) is 0 Å². The van der Waals surface area contributed by atoms with Gasteiger partial charge in [-0.1, -0.05) is 0 Å². The van der Waals surface area contributed by atoms with Gasteiger partial charge in [-0.05, 0) is 56.7 Å². The van der Waals surface area contributed by atoms with E-state index < -0.39 is 10.0 Å². The summed E-state index contributed by atoms with van der Waals surface area (Å²) in [5.74, 6) is 0.399. The summed E-state index contributed by atoms with van der Waals surface area (Å²) < 4.78 is 28.4. The highest BCUT2D eigenvalue weighted by atomic mass is 79.9. The molecule has 0 aliphatic heterocycles. The van der Waals surface area contributed by atoms with E-state index in [0.717, 1.165) is 16.6 Å². The fourth-order valence-corrected chi connectivity index (χ4v) is 6.74. The van der Waals surface area contributed by atoms with E-state index in [1.165, 1.54) is 11.3 Å². The van der Waals surface area contributed by atoms with Crippen LogP contribution in [0.4, 0.5) is 0 Å². The minimum absolute atomic E-state index is 0.148. The molecule has 1 unspecified atom stereocenters. The van der Waals surface area contributed by atoms with Crippen LogP contribution in [0.15, 0.2) is 18.5 Å². The van der Waals surface area contributed by atoms with Crippen LogP contribution in [-0.2, 0) is 10.0 Å². The van der Waals surface area contributed by atoms with Crippen LogP contribution < -0.4 is 10.5 Å².